The SMILES string of the molecule is O=C(Nc1ccc(I)cc1F)c1cccc(-c2cc3ccccc3oc2=O)c1. The van der Waals surface area contributed by atoms with Gasteiger partial charge in [0.1, 0.15) is 11.4 Å². The maximum Gasteiger partial charge on any atom is 0.344 e. The molecule has 0 unspecified atom stereocenters. The first-order valence-corrected chi connectivity index (χ1v) is 9.49. The van der Waals surface area contributed by atoms with Crippen LogP contribution in [0.2, 0.25) is 0 Å². The highest BCUT2D eigenvalue weighted by molar-refractivity contribution is 14.1. The molecule has 0 fully saturated rings. The van der Waals surface area contributed by atoms with Crippen LogP contribution in [0.25, 0.3) is 22.1 Å². The van der Waals surface area contributed by atoms with E-state index >= 15 is 0 Å². The van der Waals surface area contributed by atoms with Crippen LogP contribution in [0.1, 0.15) is 10.4 Å². The number of halogens is 2. The molecule has 0 saturated carbocycles. The van der Waals surface area contributed by atoms with E-state index in [1.165, 1.54) is 12.1 Å². The van der Waals surface area contributed by atoms with Gasteiger partial charge in [-0.2, -0.15) is 0 Å². The molecular formula is C22H13FINO3. The molecule has 28 heavy (non-hydrogen) atoms. The molecule has 0 aliphatic carbocycles. The monoisotopic (exact) mass is 485 g/mol. The van der Waals surface area contributed by atoms with E-state index in [9.17, 15) is 14.0 Å². The zero-order chi connectivity index (χ0) is 19.7. The molecule has 4 nitrogen and oxygen atoms in total. The Morgan fingerprint density at radius 2 is 1.79 bits per heavy atom. The van der Waals surface area contributed by atoms with Gasteiger partial charge in [-0.25, -0.2) is 9.18 Å². The van der Waals surface area contributed by atoms with Gasteiger partial charge in [0.05, 0.1) is 11.3 Å². The normalized spacial score (nSPS) is 10.8. The molecule has 4 rings (SSSR count). The van der Waals surface area contributed by atoms with Gasteiger partial charge in [-0.05, 0) is 70.6 Å². The van der Waals surface area contributed by atoms with Crippen molar-refractivity contribution in [2.24, 2.45) is 0 Å². The standard InChI is InChI=1S/C22H13FINO3/c23-18-12-16(24)8-9-19(18)25-21(26)15-6-3-5-13(10-15)17-11-14-4-1-2-7-20(14)28-22(17)27/h1-12H,(H,25,26). The summed E-state index contributed by atoms with van der Waals surface area (Å²) < 4.78 is 20.1. The van der Waals surface area contributed by atoms with Crippen LogP contribution in [0.5, 0.6) is 0 Å². The summed E-state index contributed by atoms with van der Waals surface area (Å²) >= 11 is 2.00. The quantitative estimate of drug-likeness (QED) is 0.310. The van der Waals surface area contributed by atoms with E-state index in [4.69, 9.17) is 4.42 Å². The van der Waals surface area contributed by atoms with Gasteiger partial charge in [-0.15, -0.1) is 0 Å². The Balaban J connectivity index is 1.69. The van der Waals surface area contributed by atoms with Gasteiger partial charge < -0.3 is 9.73 Å². The van der Waals surface area contributed by atoms with Gasteiger partial charge in [0.15, 0.2) is 0 Å². The highest BCUT2D eigenvalue weighted by atomic mass is 127. The van der Waals surface area contributed by atoms with Crippen molar-refractivity contribution in [1.29, 1.82) is 0 Å². The van der Waals surface area contributed by atoms with Crippen molar-refractivity contribution in [2.75, 3.05) is 5.32 Å². The van der Waals surface area contributed by atoms with Crippen LogP contribution in [-0.2, 0) is 0 Å². The number of fused-ring (bicyclic) bond motifs is 1. The van der Waals surface area contributed by atoms with Gasteiger partial charge in [-0.1, -0.05) is 30.3 Å². The Bertz CT molecular complexity index is 1270. The summed E-state index contributed by atoms with van der Waals surface area (Å²) in [5, 5.41) is 3.34. The molecule has 0 aliphatic heterocycles. The van der Waals surface area contributed by atoms with Crippen LogP contribution < -0.4 is 10.9 Å². The number of amides is 1. The number of rotatable bonds is 3. The van der Waals surface area contributed by atoms with E-state index in [1.807, 2.05) is 34.7 Å². The van der Waals surface area contributed by atoms with E-state index in [1.54, 1.807) is 48.5 Å². The molecule has 138 valence electrons. The lowest BCUT2D eigenvalue weighted by atomic mass is 10.0. The third-order valence-electron chi connectivity index (χ3n) is 4.26. The van der Waals surface area contributed by atoms with Crippen LogP contribution in [0.4, 0.5) is 10.1 Å². The second kappa shape index (κ2) is 7.55. The van der Waals surface area contributed by atoms with Crippen molar-refractivity contribution in [3.63, 3.8) is 0 Å². The minimum Gasteiger partial charge on any atom is -0.422 e. The highest BCUT2D eigenvalue weighted by Crippen LogP contribution is 2.23. The first kappa shape index (κ1) is 18.4. The first-order chi connectivity index (χ1) is 13.5. The second-order valence-electron chi connectivity index (χ2n) is 6.14. The lowest BCUT2D eigenvalue weighted by Crippen LogP contribution is -2.13. The zero-order valence-electron chi connectivity index (χ0n) is 14.4. The second-order valence-corrected chi connectivity index (χ2v) is 7.39. The number of carbonyl (C=O) groups excluding carboxylic acids is 1. The average Bonchev–Trinajstić information content (AvgIpc) is 2.69. The maximum atomic E-state index is 14.0. The first-order valence-electron chi connectivity index (χ1n) is 8.41. The molecule has 4 aromatic rings. The number of hydrogen-bond donors (Lipinski definition) is 1. The minimum absolute atomic E-state index is 0.0982. The van der Waals surface area contributed by atoms with Gasteiger partial charge >= 0.3 is 5.63 Å². The zero-order valence-corrected chi connectivity index (χ0v) is 16.6. The van der Waals surface area contributed by atoms with Crippen molar-refractivity contribution < 1.29 is 13.6 Å². The minimum atomic E-state index is -0.508. The molecule has 1 amide bonds. The van der Waals surface area contributed by atoms with Gasteiger partial charge in [-0.3, -0.25) is 4.79 Å². The van der Waals surface area contributed by atoms with E-state index in [-0.39, 0.29) is 5.69 Å². The molecule has 0 radical (unpaired) electrons. The summed E-state index contributed by atoms with van der Waals surface area (Å²) in [6, 6.07) is 20.1. The lowest BCUT2D eigenvalue weighted by molar-refractivity contribution is 0.102. The number of para-hydroxylation sites is 1. The van der Waals surface area contributed by atoms with E-state index in [0.29, 0.717) is 22.3 Å². The predicted octanol–water partition coefficient (Wildman–Crippen LogP) is 5.46. The molecule has 1 aromatic heterocycles. The maximum absolute atomic E-state index is 14.0. The molecule has 0 spiro atoms. The third-order valence-corrected chi connectivity index (χ3v) is 4.93. The smallest absolute Gasteiger partial charge is 0.344 e. The number of hydrogen-bond acceptors (Lipinski definition) is 3. The van der Waals surface area contributed by atoms with E-state index < -0.39 is 17.3 Å². The number of anilines is 1. The molecule has 0 aliphatic rings. The van der Waals surface area contributed by atoms with E-state index in [0.717, 1.165) is 8.96 Å². The highest BCUT2D eigenvalue weighted by Gasteiger charge is 2.13. The van der Waals surface area contributed by atoms with Crippen molar-refractivity contribution >= 4 is 45.2 Å². The van der Waals surface area contributed by atoms with Crippen LogP contribution in [0.3, 0.4) is 0 Å². The molecule has 6 heteroatoms. The Morgan fingerprint density at radius 3 is 2.61 bits per heavy atom. The Morgan fingerprint density at radius 1 is 0.964 bits per heavy atom. The molecule has 1 heterocycles. The van der Waals surface area contributed by atoms with Gasteiger partial charge in [0.25, 0.3) is 5.91 Å². The van der Waals surface area contributed by atoms with Crippen molar-refractivity contribution in [3.8, 4) is 11.1 Å². The summed E-state index contributed by atoms with van der Waals surface area (Å²) in [4.78, 5) is 24.9. The Labute approximate surface area is 173 Å². The van der Waals surface area contributed by atoms with Crippen molar-refractivity contribution in [1.82, 2.24) is 0 Å². The summed E-state index contributed by atoms with van der Waals surface area (Å²) in [6.45, 7) is 0. The van der Waals surface area contributed by atoms with Crippen LogP contribution in [0.15, 0.2) is 82.0 Å². The van der Waals surface area contributed by atoms with Crippen LogP contribution in [-0.4, -0.2) is 5.91 Å². The molecule has 1 N–H and O–H groups in total. The summed E-state index contributed by atoms with van der Waals surface area (Å²) in [5.74, 6) is -0.973. The lowest BCUT2D eigenvalue weighted by Gasteiger charge is -2.08. The number of nitrogens with one attached hydrogen (secondary N) is 1. The topological polar surface area (TPSA) is 59.3 Å². The third kappa shape index (κ3) is 3.68. The van der Waals surface area contributed by atoms with Gasteiger partial charge in [0, 0.05) is 14.5 Å². The van der Waals surface area contributed by atoms with E-state index in [2.05, 4.69) is 5.32 Å². The fourth-order valence-electron chi connectivity index (χ4n) is 2.88. The number of benzene rings is 3. The summed E-state index contributed by atoms with van der Waals surface area (Å²) in [6.07, 6.45) is 0. The molecule has 3 aromatic carbocycles. The summed E-state index contributed by atoms with van der Waals surface area (Å²) in [7, 11) is 0. The molecular weight excluding hydrogens is 472 g/mol. The van der Waals surface area contributed by atoms with Crippen LogP contribution >= 0.6 is 22.6 Å². The van der Waals surface area contributed by atoms with Crippen molar-refractivity contribution in [2.45, 2.75) is 0 Å². The van der Waals surface area contributed by atoms with Crippen molar-refractivity contribution in [3.05, 3.63) is 98.2 Å². The fraction of sp³-hybridized carbons (Fsp3) is 0. The van der Waals surface area contributed by atoms with Gasteiger partial charge in [0.2, 0.25) is 0 Å². The predicted molar refractivity (Wildman–Crippen MR) is 115 cm³/mol. The molecule has 0 atom stereocenters. The Hall–Kier alpha value is -3.00. The average molecular weight is 485 g/mol. The Kier molecular flexibility index (Phi) is 4.95. The molecule has 0 bridgehead atoms. The molecule has 0 saturated heterocycles. The largest absolute Gasteiger partial charge is 0.422 e. The van der Waals surface area contributed by atoms with Crippen LogP contribution in [0, 0.1) is 9.39 Å². The summed E-state index contributed by atoms with van der Waals surface area (Å²) in [5.41, 5.74) is 1.33. The number of carbonyl (C=O) groups is 1. The fourth-order valence-corrected chi connectivity index (χ4v) is 3.33.